The Hall–Kier alpha value is -4.29. The number of likely N-dealkylation sites (tertiary alicyclic amines) is 1. The van der Waals surface area contributed by atoms with Gasteiger partial charge >= 0.3 is 12.1 Å². The Labute approximate surface area is 205 Å². The summed E-state index contributed by atoms with van der Waals surface area (Å²) in [6.45, 7) is -0.927. The molecule has 1 atom stereocenters. The first-order valence-corrected chi connectivity index (χ1v) is 11.0. The fraction of sp³-hybridized carbons (Fsp3) is 0.250. The average molecular weight is 520 g/mol. The molecule has 0 aliphatic carbocycles. The first kappa shape index (κ1) is 24.4. The number of halogens is 5. The van der Waals surface area contributed by atoms with E-state index in [2.05, 4.69) is 14.7 Å². The number of benzene rings is 1. The van der Waals surface area contributed by atoms with Crippen molar-refractivity contribution in [3.8, 4) is 11.6 Å². The number of carbonyl (C=O) groups excluding carboxylic acids is 2. The summed E-state index contributed by atoms with van der Waals surface area (Å²) in [5.74, 6) is -8.17. The third-order valence-corrected chi connectivity index (χ3v) is 5.83. The van der Waals surface area contributed by atoms with E-state index in [1.54, 1.807) is 36.5 Å². The van der Waals surface area contributed by atoms with Crippen molar-refractivity contribution >= 4 is 28.3 Å². The van der Waals surface area contributed by atoms with Gasteiger partial charge in [-0.3, -0.25) is 9.20 Å². The normalized spacial score (nSPS) is 17.6. The molecule has 0 radical (unpaired) electrons. The van der Waals surface area contributed by atoms with Crippen LogP contribution in [-0.2, 0) is 4.79 Å². The SMILES string of the molecule is O=C(c1ncc2ccccn12)N1CCC(F)(F)[C@@H](Oc2nc3ccccc3cc2OC(=O)C(F)(F)F)C1. The van der Waals surface area contributed by atoms with Crippen LogP contribution in [0.3, 0.4) is 0 Å². The van der Waals surface area contributed by atoms with Crippen LogP contribution in [0.15, 0.2) is 60.9 Å². The van der Waals surface area contributed by atoms with Crippen molar-refractivity contribution in [3.05, 3.63) is 66.7 Å². The molecule has 4 heterocycles. The second-order valence-electron chi connectivity index (χ2n) is 8.32. The summed E-state index contributed by atoms with van der Waals surface area (Å²) < 4.78 is 79.6. The van der Waals surface area contributed by atoms with Gasteiger partial charge in [-0.2, -0.15) is 13.2 Å². The molecule has 1 aliphatic heterocycles. The lowest BCUT2D eigenvalue weighted by Crippen LogP contribution is -2.55. The lowest BCUT2D eigenvalue weighted by molar-refractivity contribution is -0.190. The van der Waals surface area contributed by atoms with Crippen molar-refractivity contribution in [1.29, 1.82) is 0 Å². The number of hydrogen-bond donors (Lipinski definition) is 0. The second kappa shape index (κ2) is 8.98. The Kier molecular flexibility index (Phi) is 5.92. The molecule has 0 unspecified atom stereocenters. The van der Waals surface area contributed by atoms with Crippen LogP contribution in [0.2, 0.25) is 0 Å². The average Bonchev–Trinajstić information content (AvgIpc) is 3.28. The minimum absolute atomic E-state index is 0.00296. The molecule has 0 spiro atoms. The minimum atomic E-state index is -5.34. The van der Waals surface area contributed by atoms with Gasteiger partial charge in [-0.1, -0.05) is 24.3 Å². The first-order chi connectivity index (χ1) is 17.5. The molecule has 1 aromatic carbocycles. The molecule has 4 aromatic rings. The van der Waals surface area contributed by atoms with Gasteiger partial charge in [-0.05, 0) is 24.3 Å². The van der Waals surface area contributed by atoms with Crippen LogP contribution in [-0.4, -0.2) is 62.4 Å². The molecule has 1 saturated heterocycles. The maximum Gasteiger partial charge on any atom is 0.491 e. The Morgan fingerprint density at radius 3 is 2.62 bits per heavy atom. The number of carbonyl (C=O) groups is 2. The van der Waals surface area contributed by atoms with Gasteiger partial charge in [0.2, 0.25) is 5.82 Å². The van der Waals surface area contributed by atoms with E-state index in [1.807, 2.05) is 0 Å². The van der Waals surface area contributed by atoms with Gasteiger partial charge in [0, 0.05) is 24.5 Å². The van der Waals surface area contributed by atoms with Crippen molar-refractivity contribution < 1.29 is 41.0 Å². The summed E-state index contributed by atoms with van der Waals surface area (Å²) in [6.07, 6.45) is -5.05. The predicted octanol–water partition coefficient (Wildman–Crippen LogP) is 4.28. The van der Waals surface area contributed by atoms with Gasteiger partial charge < -0.3 is 14.4 Å². The predicted molar refractivity (Wildman–Crippen MR) is 119 cm³/mol. The second-order valence-corrected chi connectivity index (χ2v) is 8.32. The molecule has 3 aromatic heterocycles. The Balaban J connectivity index is 1.46. The summed E-state index contributed by atoms with van der Waals surface area (Å²) in [7, 11) is 0. The number of hydrogen-bond acceptors (Lipinski definition) is 6. The number of aromatic nitrogens is 3. The largest absolute Gasteiger partial charge is 0.491 e. The summed E-state index contributed by atoms with van der Waals surface area (Å²) in [5, 5.41) is 0.290. The van der Waals surface area contributed by atoms with Gasteiger partial charge in [0.05, 0.1) is 23.8 Å². The van der Waals surface area contributed by atoms with E-state index < -0.39 is 54.7 Å². The van der Waals surface area contributed by atoms with Crippen LogP contribution >= 0.6 is 0 Å². The number of nitrogens with zero attached hydrogens (tertiary/aromatic N) is 4. The van der Waals surface area contributed by atoms with Crippen molar-refractivity contribution in [3.63, 3.8) is 0 Å². The zero-order valence-corrected chi connectivity index (χ0v) is 18.8. The lowest BCUT2D eigenvalue weighted by atomic mass is 10.0. The number of amides is 1. The summed E-state index contributed by atoms with van der Waals surface area (Å²) in [4.78, 5) is 33.8. The highest BCUT2D eigenvalue weighted by Gasteiger charge is 2.48. The summed E-state index contributed by atoms with van der Waals surface area (Å²) in [6, 6.07) is 12.3. The summed E-state index contributed by atoms with van der Waals surface area (Å²) >= 11 is 0. The Morgan fingerprint density at radius 1 is 1.08 bits per heavy atom. The van der Waals surface area contributed by atoms with Gasteiger partial charge in [0.25, 0.3) is 17.7 Å². The third-order valence-electron chi connectivity index (χ3n) is 5.83. The molecule has 1 aliphatic rings. The molecule has 0 saturated carbocycles. The molecule has 37 heavy (non-hydrogen) atoms. The van der Waals surface area contributed by atoms with Gasteiger partial charge in [0.15, 0.2) is 11.9 Å². The zero-order valence-electron chi connectivity index (χ0n) is 18.8. The molecule has 5 rings (SSSR count). The highest BCUT2D eigenvalue weighted by atomic mass is 19.4. The number of para-hydroxylation sites is 1. The number of esters is 1. The highest BCUT2D eigenvalue weighted by Crippen LogP contribution is 2.37. The van der Waals surface area contributed by atoms with Crippen LogP contribution in [0.4, 0.5) is 22.0 Å². The van der Waals surface area contributed by atoms with E-state index in [1.165, 1.54) is 22.7 Å². The van der Waals surface area contributed by atoms with Crippen molar-refractivity contribution in [2.24, 2.45) is 0 Å². The monoisotopic (exact) mass is 520 g/mol. The zero-order chi connectivity index (χ0) is 26.4. The van der Waals surface area contributed by atoms with Crippen LogP contribution in [0.1, 0.15) is 17.0 Å². The number of ether oxygens (including phenoxy) is 2. The number of alkyl halides is 5. The molecule has 1 fully saturated rings. The minimum Gasteiger partial charge on any atom is -0.463 e. The molecule has 13 heteroatoms. The number of pyridine rings is 2. The number of piperidine rings is 1. The maximum atomic E-state index is 14.9. The standard InChI is InChI=1S/C24H17F5N4O4/c25-23(26)8-10-32(21(34)19-30-12-15-6-3-4-9-33(15)19)13-18(23)37-20-17(36-22(35)24(27,28)29)11-14-5-1-2-7-16(14)31-20/h1-7,9,11-12,18H,8,10,13H2/t18-/m0/s1. The van der Waals surface area contributed by atoms with Gasteiger partial charge in [-0.15, -0.1) is 0 Å². The van der Waals surface area contributed by atoms with Gasteiger partial charge in [0.1, 0.15) is 0 Å². The first-order valence-electron chi connectivity index (χ1n) is 11.0. The Bertz CT molecular complexity index is 1500. The van der Waals surface area contributed by atoms with Crippen LogP contribution in [0, 0.1) is 0 Å². The van der Waals surface area contributed by atoms with Crippen molar-refractivity contribution in [2.45, 2.75) is 24.6 Å². The molecule has 1 amide bonds. The van der Waals surface area contributed by atoms with Crippen molar-refractivity contribution in [1.82, 2.24) is 19.3 Å². The molecular weight excluding hydrogens is 503 g/mol. The van der Waals surface area contributed by atoms with Crippen molar-refractivity contribution in [2.75, 3.05) is 13.1 Å². The molecule has 8 nitrogen and oxygen atoms in total. The number of fused-ring (bicyclic) bond motifs is 2. The van der Waals surface area contributed by atoms with Crippen LogP contribution in [0.5, 0.6) is 11.6 Å². The quantitative estimate of drug-likeness (QED) is 0.295. The van der Waals surface area contributed by atoms with Gasteiger partial charge in [-0.25, -0.2) is 23.5 Å². The molecule has 0 N–H and O–H groups in total. The smallest absolute Gasteiger partial charge is 0.463 e. The molecule has 192 valence electrons. The van der Waals surface area contributed by atoms with E-state index in [-0.39, 0.29) is 17.9 Å². The third kappa shape index (κ3) is 4.76. The Morgan fingerprint density at radius 2 is 1.84 bits per heavy atom. The fourth-order valence-corrected chi connectivity index (χ4v) is 3.95. The molecular formula is C24H17F5N4O4. The number of rotatable bonds is 4. The topological polar surface area (TPSA) is 86.0 Å². The van der Waals surface area contributed by atoms with E-state index in [0.29, 0.717) is 10.9 Å². The lowest BCUT2D eigenvalue weighted by Gasteiger charge is -2.37. The van der Waals surface area contributed by atoms with E-state index in [4.69, 9.17) is 4.74 Å². The maximum absolute atomic E-state index is 14.9. The summed E-state index contributed by atoms with van der Waals surface area (Å²) in [5.41, 5.74) is 0.831. The van der Waals surface area contributed by atoms with E-state index in [0.717, 1.165) is 11.0 Å². The molecule has 0 bridgehead atoms. The van der Waals surface area contributed by atoms with E-state index in [9.17, 15) is 31.5 Å². The van der Waals surface area contributed by atoms with Crippen LogP contribution < -0.4 is 9.47 Å². The number of imidazole rings is 1. The van der Waals surface area contributed by atoms with E-state index >= 15 is 0 Å². The van der Waals surface area contributed by atoms with Crippen LogP contribution in [0.25, 0.3) is 16.4 Å². The fourth-order valence-electron chi connectivity index (χ4n) is 3.95. The highest BCUT2D eigenvalue weighted by molar-refractivity contribution is 5.92.